The van der Waals surface area contributed by atoms with Crippen LogP contribution in [0, 0.1) is 0 Å². The van der Waals surface area contributed by atoms with Crippen LogP contribution in [-0.2, 0) is 23.7 Å². The molecule has 1 atom stereocenters. The van der Waals surface area contributed by atoms with Crippen molar-refractivity contribution in [2.75, 3.05) is 0 Å². The molecule has 0 fully saturated rings. The lowest BCUT2D eigenvalue weighted by atomic mass is 10.2. The van der Waals surface area contributed by atoms with Crippen LogP contribution in [0.3, 0.4) is 0 Å². The van der Waals surface area contributed by atoms with Gasteiger partial charge in [0.25, 0.3) is 5.91 Å². The normalized spacial score (nSPS) is 17.0. The van der Waals surface area contributed by atoms with Crippen molar-refractivity contribution in [2.24, 2.45) is 0 Å². The Labute approximate surface area is 194 Å². The molecule has 0 aliphatic rings. The summed E-state index contributed by atoms with van der Waals surface area (Å²) in [5, 5.41) is 0.880. The topological polar surface area (TPSA) is 66.0 Å². The van der Waals surface area contributed by atoms with E-state index in [0.29, 0.717) is 0 Å². The lowest BCUT2D eigenvalue weighted by molar-refractivity contribution is -0.579. The minimum absolute atomic E-state index is 0.728. The van der Waals surface area contributed by atoms with Gasteiger partial charge in [0.15, 0.2) is 0 Å². The molecule has 0 saturated carbocycles. The van der Waals surface area contributed by atoms with Crippen LogP contribution in [0.15, 0.2) is 0 Å². The fourth-order valence-electron chi connectivity index (χ4n) is 1.59. The molecule has 0 aliphatic carbocycles. The maximum Gasteiger partial charge on any atom is 0.527 e. The summed E-state index contributed by atoms with van der Waals surface area (Å²) in [5.41, 5.74) is 0. The molecule has 0 spiro atoms. The van der Waals surface area contributed by atoms with Gasteiger partial charge in [-0.1, -0.05) is 0 Å². The molecule has 6 nitrogen and oxygen atoms in total. The van der Waals surface area contributed by atoms with Crippen molar-refractivity contribution in [3.8, 4) is 0 Å². The van der Waals surface area contributed by atoms with Gasteiger partial charge in [-0.3, -0.25) is 9.53 Å². The first kappa shape index (κ1) is 36.0. The van der Waals surface area contributed by atoms with Gasteiger partial charge in [-0.05, 0) is 13.8 Å². The smallest absolute Gasteiger partial charge is 0.349 e. The molecular weight excluding hydrogens is 611 g/mol. The van der Waals surface area contributed by atoms with Crippen molar-refractivity contribution in [3.05, 3.63) is 0 Å². The Bertz CT molecular complexity index is 838. The fraction of sp³-hybridized carbons (Fsp3) is 0.923. The molecule has 0 bridgehead atoms. The van der Waals surface area contributed by atoms with Crippen molar-refractivity contribution in [1.82, 2.24) is 5.32 Å². The number of hydrogen-bond donors (Lipinski definition) is 1. The van der Waals surface area contributed by atoms with E-state index in [2.05, 4.69) is 0 Å². The van der Waals surface area contributed by atoms with E-state index in [1.54, 1.807) is 0 Å². The van der Waals surface area contributed by atoms with E-state index in [0.717, 1.165) is 19.2 Å². The first-order valence-electron chi connectivity index (χ1n) is 8.37. The highest BCUT2D eigenvalue weighted by molar-refractivity contribution is 5.84. The summed E-state index contributed by atoms with van der Waals surface area (Å²) in [4.78, 5) is 11.2. The number of hydrogen-bond acceptors (Lipinski definition) is 5. The summed E-state index contributed by atoms with van der Waals surface area (Å²) >= 11 is 0. The molecule has 1 N–H and O–H groups in total. The molecule has 0 aromatic carbocycles. The van der Waals surface area contributed by atoms with Gasteiger partial charge in [0.2, 0.25) is 0 Å². The first-order chi connectivity index (χ1) is 16.2. The fourth-order valence-corrected chi connectivity index (χ4v) is 1.59. The van der Waals surface area contributed by atoms with E-state index < -0.39 is 67.0 Å². The van der Waals surface area contributed by atoms with Crippen LogP contribution in [-0.4, -0.2) is 67.0 Å². The molecule has 0 aromatic rings. The molecule has 0 aromatic heterocycles. The Morgan fingerprint density at radius 1 is 0.500 bits per heavy atom. The van der Waals surface area contributed by atoms with E-state index in [-0.39, 0.29) is 0 Å². The van der Waals surface area contributed by atoms with Crippen LogP contribution < -0.4 is 5.32 Å². The molecule has 25 heteroatoms. The summed E-state index contributed by atoms with van der Waals surface area (Å²) in [6.45, 7) is 1.46. The summed E-state index contributed by atoms with van der Waals surface area (Å²) in [7, 11) is 0. The number of ether oxygens (including phenoxy) is 4. The second kappa shape index (κ2) is 10.2. The van der Waals surface area contributed by atoms with E-state index >= 15 is 0 Å². The van der Waals surface area contributed by atoms with Gasteiger partial charge in [-0.25, -0.2) is 14.2 Å². The SMILES string of the molecule is CC(C)NC(=O)C(F)(OC(F)(F)C(F)(F)OC(F)(F)C(F)(F)OC(F)(F)C(F)(F)OC(F)(F)F)C(F)(F)F. The van der Waals surface area contributed by atoms with Crippen molar-refractivity contribution in [1.29, 1.82) is 0 Å². The van der Waals surface area contributed by atoms with Crippen LogP contribution in [0.1, 0.15) is 13.8 Å². The van der Waals surface area contributed by atoms with Gasteiger partial charge in [0, 0.05) is 6.04 Å². The number of amides is 1. The zero-order chi connectivity index (χ0) is 31.2. The van der Waals surface area contributed by atoms with Crippen LogP contribution in [0.4, 0.5) is 83.4 Å². The number of alkyl halides is 19. The first-order valence-corrected chi connectivity index (χ1v) is 8.37. The van der Waals surface area contributed by atoms with Crippen molar-refractivity contribution in [2.45, 2.75) is 74.9 Å². The lowest BCUT2D eigenvalue weighted by Crippen LogP contribution is -2.64. The largest absolute Gasteiger partial charge is 0.527 e. The van der Waals surface area contributed by atoms with Crippen molar-refractivity contribution >= 4 is 5.91 Å². The molecule has 228 valence electrons. The summed E-state index contributed by atoms with van der Waals surface area (Å²) in [6.07, 6.45) is -59.6. The summed E-state index contributed by atoms with van der Waals surface area (Å²) in [5.74, 6) is -9.92. The molecular formula is C13H8F19NO5. The van der Waals surface area contributed by atoms with Gasteiger partial charge in [0.05, 0.1) is 0 Å². The minimum atomic E-state index is -7.79. The molecule has 0 heterocycles. The van der Waals surface area contributed by atoms with E-state index in [9.17, 15) is 88.2 Å². The average molecular weight is 619 g/mol. The zero-order valence-electron chi connectivity index (χ0n) is 17.3. The van der Waals surface area contributed by atoms with Crippen LogP contribution >= 0.6 is 0 Å². The van der Waals surface area contributed by atoms with Crippen molar-refractivity contribution < 1.29 is 107 Å². The third kappa shape index (κ3) is 8.00. The zero-order valence-corrected chi connectivity index (χ0v) is 17.3. The van der Waals surface area contributed by atoms with Crippen LogP contribution in [0.2, 0.25) is 0 Å². The Morgan fingerprint density at radius 3 is 1.00 bits per heavy atom. The second-order valence-corrected chi connectivity index (χ2v) is 6.68. The van der Waals surface area contributed by atoms with Crippen LogP contribution in [0.25, 0.3) is 0 Å². The van der Waals surface area contributed by atoms with Gasteiger partial charge in [-0.2, -0.15) is 70.2 Å². The molecule has 0 aliphatic heterocycles. The van der Waals surface area contributed by atoms with E-state index in [4.69, 9.17) is 0 Å². The van der Waals surface area contributed by atoms with Crippen LogP contribution in [0.5, 0.6) is 0 Å². The standard InChI is InChI=1S/C13H8F19NO5/c1-3(2)33-4(34)5(14,6(15,16)17)35-7(18,19)8(20,21)36-9(22,23)10(24,25)37-11(26,27)12(28,29)38-13(30,31)32/h3H,1-2H3,(H,33,34). The number of carbonyl (C=O) groups excluding carboxylic acids is 1. The highest BCUT2D eigenvalue weighted by Gasteiger charge is 2.79. The summed E-state index contributed by atoms with van der Waals surface area (Å²) < 4.78 is 251. The number of carbonyl (C=O) groups is 1. The molecule has 1 amide bonds. The molecule has 0 saturated heterocycles. The van der Waals surface area contributed by atoms with Gasteiger partial charge >= 0.3 is 55.0 Å². The quantitative estimate of drug-likeness (QED) is 0.277. The second-order valence-electron chi connectivity index (χ2n) is 6.68. The Kier molecular flexibility index (Phi) is 9.64. The number of rotatable bonds is 12. The van der Waals surface area contributed by atoms with Crippen molar-refractivity contribution in [3.63, 3.8) is 0 Å². The minimum Gasteiger partial charge on any atom is -0.349 e. The van der Waals surface area contributed by atoms with E-state index in [1.807, 2.05) is 4.74 Å². The Morgan fingerprint density at radius 2 is 0.763 bits per heavy atom. The molecule has 38 heavy (non-hydrogen) atoms. The monoisotopic (exact) mass is 619 g/mol. The lowest BCUT2D eigenvalue weighted by Gasteiger charge is -2.36. The predicted octanol–water partition coefficient (Wildman–Crippen LogP) is 5.88. The number of nitrogens with one attached hydrogen (secondary N) is 1. The van der Waals surface area contributed by atoms with Gasteiger partial charge in [-0.15, -0.1) is 13.2 Å². The highest BCUT2D eigenvalue weighted by Crippen LogP contribution is 2.52. The molecule has 0 radical (unpaired) electrons. The van der Waals surface area contributed by atoms with Gasteiger partial charge < -0.3 is 5.32 Å². The summed E-state index contributed by atoms with van der Waals surface area (Å²) in [6, 6.07) is -1.59. The molecule has 0 rings (SSSR count). The number of halogens is 19. The third-order valence-electron chi connectivity index (χ3n) is 3.12. The molecule has 1 unspecified atom stereocenters. The van der Waals surface area contributed by atoms with E-state index in [1.165, 1.54) is 14.2 Å². The maximum absolute atomic E-state index is 14.0. The Hall–Kier alpha value is -2.02. The predicted molar refractivity (Wildman–Crippen MR) is 73.2 cm³/mol. The average Bonchev–Trinajstić information content (AvgIpc) is 2.55. The maximum atomic E-state index is 14.0. The Balaban J connectivity index is 6.21. The third-order valence-corrected chi connectivity index (χ3v) is 3.12. The van der Waals surface area contributed by atoms with Gasteiger partial charge in [0.1, 0.15) is 0 Å². The highest BCUT2D eigenvalue weighted by atomic mass is 19.4.